The van der Waals surface area contributed by atoms with Crippen LogP contribution < -0.4 is 11.1 Å². The highest BCUT2D eigenvalue weighted by Gasteiger charge is 2.36. The summed E-state index contributed by atoms with van der Waals surface area (Å²) in [5.41, 5.74) is 5.48. The third-order valence-electron chi connectivity index (χ3n) is 1.97. The Labute approximate surface area is 75.3 Å². The Bertz CT molecular complexity index is 249. The maximum Gasteiger partial charge on any atom is 0.324 e. The van der Waals surface area contributed by atoms with E-state index in [1.54, 1.807) is 11.0 Å². The highest BCUT2D eigenvalue weighted by Crippen LogP contribution is 2.32. The summed E-state index contributed by atoms with van der Waals surface area (Å²) in [4.78, 5) is 12.9. The molecule has 1 atom stereocenters. The molecule has 1 unspecified atom stereocenters. The van der Waals surface area contributed by atoms with Gasteiger partial charge in [-0.05, 0) is 18.9 Å². The largest absolute Gasteiger partial charge is 0.324 e. The first-order valence-electron chi connectivity index (χ1n) is 3.91. The summed E-state index contributed by atoms with van der Waals surface area (Å²) < 4.78 is 0. The van der Waals surface area contributed by atoms with E-state index < -0.39 is 6.17 Å². The average molecular weight is 188 g/mol. The molecule has 1 heterocycles. The zero-order valence-corrected chi connectivity index (χ0v) is 7.21. The highest BCUT2D eigenvalue weighted by atomic mass is 35.5. The summed E-state index contributed by atoms with van der Waals surface area (Å²) >= 11 is 5.85. The Kier molecular flexibility index (Phi) is 1.73. The molecule has 0 aromatic carbocycles. The van der Waals surface area contributed by atoms with E-state index in [9.17, 15) is 4.79 Å². The number of carbonyl (C=O) groups is 1. The molecule has 66 valence electrons. The molecule has 2 rings (SSSR count). The lowest BCUT2D eigenvalue weighted by Crippen LogP contribution is -2.51. The molecule has 0 saturated heterocycles. The molecule has 0 radical (unpaired) electrons. The van der Waals surface area contributed by atoms with Gasteiger partial charge in [-0.1, -0.05) is 11.6 Å². The molecule has 1 aliphatic heterocycles. The lowest BCUT2D eigenvalue weighted by molar-refractivity contribution is 0.205. The fourth-order valence-corrected chi connectivity index (χ4v) is 1.60. The van der Waals surface area contributed by atoms with Gasteiger partial charge in [0.25, 0.3) is 0 Å². The molecule has 3 N–H and O–H groups in total. The average Bonchev–Trinajstić information content (AvgIpc) is 2.68. The van der Waals surface area contributed by atoms with E-state index in [1.165, 1.54) is 0 Å². The fourth-order valence-electron chi connectivity index (χ4n) is 1.25. The number of hydrogen-bond acceptors (Lipinski definition) is 2. The van der Waals surface area contributed by atoms with E-state index in [2.05, 4.69) is 5.32 Å². The summed E-state index contributed by atoms with van der Waals surface area (Å²) in [6, 6.07) is 0.110. The number of hydrogen-bond donors (Lipinski definition) is 2. The zero-order valence-electron chi connectivity index (χ0n) is 6.46. The van der Waals surface area contributed by atoms with Crippen molar-refractivity contribution in [3.8, 4) is 0 Å². The first-order valence-corrected chi connectivity index (χ1v) is 4.29. The normalized spacial score (nSPS) is 29.8. The minimum absolute atomic E-state index is 0.183. The van der Waals surface area contributed by atoms with E-state index in [-0.39, 0.29) is 6.03 Å². The molecule has 5 heteroatoms. The summed E-state index contributed by atoms with van der Waals surface area (Å²) in [7, 11) is 0. The minimum atomic E-state index is -0.444. The number of rotatable bonds is 1. The first-order chi connectivity index (χ1) is 5.68. The Morgan fingerprint density at radius 2 is 2.33 bits per heavy atom. The minimum Gasteiger partial charge on any atom is -0.319 e. The van der Waals surface area contributed by atoms with Gasteiger partial charge in [0.05, 0.1) is 0 Å². The SMILES string of the molecule is NC1C=C(Cl)N(C2CC2)C(=O)N1. The molecular weight excluding hydrogens is 178 g/mol. The topological polar surface area (TPSA) is 58.4 Å². The van der Waals surface area contributed by atoms with Crippen LogP contribution >= 0.6 is 11.6 Å². The quantitative estimate of drug-likeness (QED) is 0.589. The molecule has 2 amide bonds. The predicted octanol–water partition coefficient (Wildman–Crippen LogP) is 0.539. The van der Waals surface area contributed by atoms with Crippen molar-refractivity contribution < 1.29 is 4.79 Å². The maximum atomic E-state index is 11.3. The van der Waals surface area contributed by atoms with Gasteiger partial charge in [0.1, 0.15) is 11.3 Å². The molecule has 0 aromatic rings. The highest BCUT2D eigenvalue weighted by molar-refractivity contribution is 6.30. The summed E-state index contributed by atoms with van der Waals surface area (Å²) in [5.74, 6) is 0. The van der Waals surface area contributed by atoms with Gasteiger partial charge >= 0.3 is 6.03 Å². The van der Waals surface area contributed by atoms with E-state index >= 15 is 0 Å². The summed E-state index contributed by atoms with van der Waals surface area (Å²) in [5, 5.41) is 3.04. The van der Waals surface area contributed by atoms with Crippen LogP contribution in [0.4, 0.5) is 4.79 Å². The van der Waals surface area contributed by atoms with Gasteiger partial charge in [-0.3, -0.25) is 4.90 Å². The van der Waals surface area contributed by atoms with Gasteiger partial charge in [0.2, 0.25) is 0 Å². The third kappa shape index (κ3) is 1.28. The fraction of sp³-hybridized carbons (Fsp3) is 0.571. The van der Waals surface area contributed by atoms with Crippen LogP contribution in [0.5, 0.6) is 0 Å². The van der Waals surface area contributed by atoms with Gasteiger partial charge in [-0.25, -0.2) is 4.79 Å². The summed E-state index contributed by atoms with van der Waals surface area (Å²) in [6.45, 7) is 0. The van der Waals surface area contributed by atoms with Crippen LogP contribution in [0.1, 0.15) is 12.8 Å². The van der Waals surface area contributed by atoms with E-state index in [4.69, 9.17) is 17.3 Å². The number of halogens is 1. The van der Waals surface area contributed by atoms with Crippen molar-refractivity contribution >= 4 is 17.6 Å². The lowest BCUT2D eigenvalue weighted by atomic mass is 10.4. The molecule has 1 aliphatic carbocycles. The van der Waals surface area contributed by atoms with Gasteiger partial charge in [-0.15, -0.1) is 0 Å². The van der Waals surface area contributed by atoms with Crippen molar-refractivity contribution in [2.45, 2.75) is 25.0 Å². The van der Waals surface area contributed by atoms with Crippen LogP contribution in [0.3, 0.4) is 0 Å². The third-order valence-corrected chi connectivity index (χ3v) is 2.28. The van der Waals surface area contributed by atoms with Gasteiger partial charge in [-0.2, -0.15) is 0 Å². The molecule has 1 saturated carbocycles. The predicted molar refractivity (Wildman–Crippen MR) is 45.3 cm³/mol. The Balaban J connectivity index is 2.19. The second kappa shape index (κ2) is 2.64. The van der Waals surface area contributed by atoms with Crippen LogP contribution in [-0.4, -0.2) is 23.1 Å². The van der Waals surface area contributed by atoms with Crippen molar-refractivity contribution in [3.05, 3.63) is 11.2 Å². The molecule has 0 aromatic heterocycles. The van der Waals surface area contributed by atoms with Crippen molar-refractivity contribution in [2.75, 3.05) is 0 Å². The number of nitrogens with one attached hydrogen (secondary N) is 1. The molecule has 0 spiro atoms. The molecule has 12 heavy (non-hydrogen) atoms. The number of carbonyl (C=O) groups excluding carboxylic acids is 1. The Morgan fingerprint density at radius 3 is 2.83 bits per heavy atom. The van der Waals surface area contributed by atoms with Crippen LogP contribution in [0, 0.1) is 0 Å². The van der Waals surface area contributed by atoms with Crippen LogP contribution in [0.2, 0.25) is 0 Å². The Morgan fingerprint density at radius 1 is 1.67 bits per heavy atom. The smallest absolute Gasteiger partial charge is 0.319 e. The van der Waals surface area contributed by atoms with Crippen molar-refractivity contribution in [3.63, 3.8) is 0 Å². The first kappa shape index (κ1) is 7.89. The monoisotopic (exact) mass is 187 g/mol. The van der Waals surface area contributed by atoms with E-state index in [0.29, 0.717) is 11.2 Å². The zero-order chi connectivity index (χ0) is 8.72. The number of urea groups is 1. The van der Waals surface area contributed by atoms with Crippen LogP contribution in [0.25, 0.3) is 0 Å². The Hall–Kier alpha value is -0.740. The van der Waals surface area contributed by atoms with E-state index in [1.807, 2.05) is 0 Å². The summed E-state index contributed by atoms with van der Waals surface area (Å²) in [6.07, 6.45) is 3.26. The second-order valence-corrected chi connectivity index (χ2v) is 3.45. The standard InChI is InChI=1S/C7H10ClN3O/c8-5-3-6(9)10-7(12)11(5)4-1-2-4/h3-4,6H,1-2,9H2,(H,10,12). The van der Waals surface area contributed by atoms with Crippen molar-refractivity contribution in [1.82, 2.24) is 10.2 Å². The van der Waals surface area contributed by atoms with Crippen LogP contribution in [0.15, 0.2) is 11.2 Å². The molecule has 4 nitrogen and oxygen atoms in total. The molecule has 1 fully saturated rings. The van der Waals surface area contributed by atoms with Crippen molar-refractivity contribution in [2.24, 2.45) is 5.73 Å². The van der Waals surface area contributed by atoms with Gasteiger partial charge in [0.15, 0.2) is 0 Å². The number of nitrogens with two attached hydrogens (primary N) is 1. The van der Waals surface area contributed by atoms with Crippen LogP contribution in [-0.2, 0) is 0 Å². The second-order valence-electron chi connectivity index (χ2n) is 3.07. The number of amides is 2. The van der Waals surface area contributed by atoms with Gasteiger partial charge in [0, 0.05) is 6.04 Å². The van der Waals surface area contributed by atoms with E-state index in [0.717, 1.165) is 12.8 Å². The van der Waals surface area contributed by atoms with Gasteiger partial charge < -0.3 is 11.1 Å². The molecular formula is C7H10ClN3O. The molecule has 0 bridgehead atoms. The van der Waals surface area contributed by atoms with Crippen molar-refractivity contribution in [1.29, 1.82) is 0 Å². The maximum absolute atomic E-state index is 11.3. The lowest BCUT2D eigenvalue weighted by Gasteiger charge is -2.28. The number of nitrogens with zero attached hydrogens (tertiary/aromatic N) is 1. The molecule has 2 aliphatic rings.